The molecule has 6 nitrogen and oxygen atoms in total. The first kappa shape index (κ1) is 74.3. The monoisotopic (exact) mass is 1080 g/mol. The van der Waals surface area contributed by atoms with Crippen LogP contribution >= 0.6 is 0 Å². The van der Waals surface area contributed by atoms with Crippen molar-refractivity contribution < 1.29 is 28.6 Å². The number of esters is 3. The van der Waals surface area contributed by atoms with Gasteiger partial charge in [0.25, 0.3) is 0 Å². The highest BCUT2D eigenvalue weighted by Gasteiger charge is 2.19. The van der Waals surface area contributed by atoms with E-state index in [-0.39, 0.29) is 31.1 Å². The quantitative estimate of drug-likeness (QED) is 0.0261. The third kappa shape index (κ3) is 63.2. The molecule has 0 radical (unpaired) electrons. The van der Waals surface area contributed by atoms with Crippen LogP contribution in [-0.4, -0.2) is 37.2 Å². The lowest BCUT2D eigenvalue weighted by molar-refractivity contribution is -0.167. The van der Waals surface area contributed by atoms with Gasteiger partial charge in [-0.05, 0) is 122 Å². The summed E-state index contributed by atoms with van der Waals surface area (Å²) in [5.74, 6) is -0.910. The maximum atomic E-state index is 12.9. The van der Waals surface area contributed by atoms with Gasteiger partial charge in [-0.2, -0.15) is 0 Å². The van der Waals surface area contributed by atoms with Gasteiger partial charge in [0, 0.05) is 19.3 Å². The van der Waals surface area contributed by atoms with Crippen molar-refractivity contribution in [2.45, 2.75) is 329 Å². The zero-order valence-corrected chi connectivity index (χ0v) is 51.4. The van der Waals surface area contributed by atoms with E-state index in [2.05, 4.69) is 118 Å². The number of carbonyl (C=O) groups is 3. The molecule has 0 aromatic rings. The second-order valence-electron chi connectivity index (χ2n) is 22.0. The molecule has 0 heterocycles. The molecule has 0 fully saturated rings. The van der Waals surface area contributed by atoms with Crippen molar-refractivity contribution in [1.29, 1.82) is 0 Å². The van der Waals surface area contributed by atoms with Gasteiger partial charge in [-0.3, -0.25) is 14.4 Å². The predicted octanol–water partition coefficient (Wildman–Crippen LogP) is 22.8. The molecule has 0 saturated carbocycles. The fourth-order valence-electron chi connectivity index (χ4n) is 9.32. The number of allylic oxidation sites excluding steroid dienone is 16. The Morgan fingerprint density at radius 2 is 0.500 bits per heavy atom. The SMILES string of the molecule is CC/C=C\C/C=C\C/C=C\C/C=C\CCCCCCC(=O)OCC(COC(=O)CCCCCCCCCCCCCCC/C=C\C/C=C\CCCCCCC)OC(=O)CCCCCCCCC/C=C\C/C=C\CCCCCC. The molecule has 0 aromatic heterocycles. The Morgan fingerprint density at radius 1 is 0.269 bits per heavy atom. The number of hydrogen-bond acceptors (Lipinski definition) is 6. The van der Waals surface area contributed by atoms with E-state index >= 15 is 0 Å². The van der Waals surface area contributed by atoms with Crippen molar-refractivity contribution in [2.24, 2.45) is 0 Å². The molecule has 0 amide bonds. The zero-order valence-electron chi connectivity index (χ0n) is 51.4. The summed E-state index contributed by atoms with van der Waals surface area (Å²) >= 11 is 0. The van der Waals surface area contributed by atoms with Crippen molar-refractivity contribution in [1.82, 2.24) is 0 Å². The fourth-order valence-corrected chi connectivity index (χ4v) is 9.32. The number of ether oxygens (including phenoxy) is 3. The van der Waals surface area contributed by atoms with E-state index in [1.807, 2.05) is 0 Å². The summed E-state index contributed by atoms with van der Waals surface area (Å²) in [7, 11) is 0. The van der Waals surface area contributed by atoms with Gasteiger partial charge in [0.05, 0.1) is 0 Å². The van der Waals surface area contributed by atoms with Crippen LogP contribution in [0.5, 0.6) is 0 Å². The summed E-state index contributed by atoms with van der Waals surface area (Å²) in [5, 5.41) is 0. The summed E-state index contributed by atoms with van der Waals surface area (Å²) in [6.07, 6.45) is 88.4. The van der Waals surface area contributed by atoms with Crippen LogP contribution in [0.25, 0.3) is 0 Å². The van der Waals surface area contributed by atoms with Crippen molar-refractivity contribution in [3.8, 4) is 0 Å². The standard InChI is InChI=1S/C72H124O6/c1-4-7-10-13-16-19-22-25-28-31-33-34-35-36-37-38-39-42-44-47-50-53-56-59-62-65-71(74)77-68-69(67-76-70(73)64-61-58-55-52-49-46-43-40-30-27-24-21-18-15-12-9-6-3)78-72(75)66-63-60-57-54-51-48-45-41-32-29-26-23-20-17-14-11-8-5-2/h9,12,18,20-23,25,27,29-33,43,46,69H,4-8,10-11,13-17,19,24,26,28,34-42,44-45,47-68H2,1-3H3/b12-9-,21-18-,23-20-,25-22-,30-27-,32-29-,33-31-,46-43-. The van der Waals surface area contributed by atoms with Gasteiger partial charge >= 0.3 is 17.9 Å². The lowest BCUT2D eigenvalue weighted by atomic mass is 10.0. The van der Waals surface area contributed by atoms with Gasteiger partial charge in [0.2, 0.25) is 0 Å². The highest BCUT2D eigenvalue weighted by Crippen LogP contribution is 2.16. The molecule has 0 N–H and O–H groups in total. The van der Waals surface area contributed by atoms with Crippen LogP contribution in [0.3, 0.4) is 0 Å². The van der Waals surface area contributed by atoms with E-state index in [0.29, 0.717) is 19.3 Å². The van der Waals surface area contributed by atoms with E-state index in [9.17, 15) is 14.4 Å². The molecule has 0 aliphatic rings. The lowest BCUT2D eigenvalue weighted by Crippen LogP contribution is -2.30. The molecular formula is C72H124O6. The first-order chi connectivity index (χ1) is 38.5. The van der Waals surface area contributed by atoms with Gasteiger partial charge in [0.1, 0.15) is 13.2 Å². The Kier molecular flexibility index (Phi) is 62.7. The van der Waals surface area contributed by atoms with Crippen molar-refractivity contribution >= 4 is 17.9 Å². The number of rotatable bonds is 60. The molecule has 0 rings (SSSR count). The first-order valence-corrected chi connectivity index (χ1v) is 33.2. The summed E-state index contributed by atoms with van der Waals surface area (Å²) in [6, 6.07) is 0. The minimum Gasteiger partial charge on any atom is -0.462 e. The minimum atomic E-state index is -0.795. The van der Waals surface area contributed by atoms with E-state index in [0.717, 1.165) is 116 Å². The Balaban J connectivity index is 4.37. The second kappa shape index (κ2) is 65.8. The molecule has 0 spiro atoms. The van der Waals surface area contributed by atoms with Crippen LogP contribution < -0.4 is 0 Å². The van der Waals surface area contributed by atoms with Crippen LogP contribution in [0.2, 0.25) is 0 Å². The predicted molar refractivity (Wildman–Crippen MR) is 339 cm³/mol. The molecule has 1 atom stereocenters. The number of hydrogen-bond donors (Lipinski definition) is 0. The average Bonchev–Trinajstić information content (AvgIpc) is 3.44. The highest BCUT2D eigenvalue weighted by atomic mass is 16.6. The van der Waals surface area contributed by atoms with Gasteiger partial charge in [-0.15, -0.1) is 0 Å². The maximum Gasteiger partial charge on any atom is 0.306 e. The molecule has 78 heavy (non-hydrogen) atoms. The second-order valence-corrected chi connectivity index (χ2v) is 22.0. The molecule has 1 unspecified atom stereocenters. The van der Waals surface area contributed by atoms with Crippen molar-refractivity contribution in [3.05, 3.63) is 97.2 Å². The van der Waals surface area contributed by atoms with E-state index in [1.54, 1.807) is 0 Å². The normalized spacial score (nSPS) is 12.7. The molecule has 0 aliphatic carbocycles. The summed E-state index contributed by atoms with van der Waals surface area (Å²) in [5.41, 5.74) is 0. The molecule has 0 aromatic carbocycles. The summed E-state index contributed by atoms with van der Waals surface area (Å²) in [6.45, 7) is 6.50. The Hall–Kier alpha value is -3.67. The van der Waals surface area contributed by atoms with E-state index in [1.165, 1.54) is 167 Å². The average molecular weight is 1090 g/mol. The van der Waals surface area contributed by atoms with Crippen LogP contribution in [0, 0.1) is 0 Å². The van der Waals surface area contributed by atoms with Crippen LogP contribution in [0.15, 0.2) is 97.2 Å². The molecule has 0 saturated heterocycles. The van der Waals surface area contributed by atoms with Gasteiger partial charge < -0.3 is 14.2 Å². The first-order valence-electron chi connectivity index (χ1n) is 33.2. The highest BCUT2D eigenvalue weighted by molar-refractivity contribution is 5.71. The Labute approximate surface area is 483 Å². The van der Waals surface area contributed by atoms with Crippen molar-refractivity contribution in [3.63, 3.8) is 0 Å². The minimum absolute atomic E-state index is 0.0883. The smallest absolute Gasteiger partial charge is 0.306 e. The molecular weight excluding hydrogens is 961 g/mol. The Morgan fingerprint density at radius 3 is 0.795 bits per heavy atom. The molecule has 0 aliphatic heterocycles. The number of unbranched alkanes of at least 4 members (excludes halogenated alkanes) is 33. The number of carbonyl (C=O) groups excluding carboxylic acids is 3. The summed E-state index contributed by atoms with van der Waals surface area (Å²) < 4.78 is 16.9. The topological polar surface area (TPSA) is 78.9 Å². The Bertz CT molecular complexity index is 1530. The van der Waals surface area contributed by atoms with Gasteiger partial charge in [-0.1, -0.05) is 279 Å². The lowest BCUT2D eigenvalue weighted by Gasteiger charge is -2.18. The van der Waals surface area contributed by atoms with Gasteiger partial charge in [-0.25, -0.2) is 0 Å². The molecule has 6 heteroatoms. The van der Waals surface area contributed by atoms with E-state index < -0.39 is 6.10 Å². The molecule has 448 valence electrons. The summed E-state index contributed by atoms with van der Waals surface area (Å²) in [4.78, 5) is 38.4. The van der Waals surface area contributed by atoms with Crippen LogP contribution in [-0.2, 0) is 28.6 Å². The van der Waals surface area contributed by atoms with Gasteiger partial charge in [0.15, 0.2) is 6.10 Å². The third-order valence-electron chi connectivity index (χ3n) is 14.3. The van der Waals surface area contributed by atoms with Crippen molar-refractivity contribution in [2.75, 3.05) is 13.2 Å². The van der Waals surface area contributed by atoms with E-state index in [4.69, 9.17) is 14.2 Å². The zero-order chi connectivity index (χ0) is 56.4. The van der Waals surface area contributed by atoms with Crippen LogP contribution in [0.1, 0.15) is 323 Å². The fraction of sp³-hybridized carbons (Fsp3) is 0.736. The third-order valence-corrected chi connectivity index (χ3v) is 14.3. The van der Waals surface area contributed by atoms with Crippen LogP contribution in [0.4, 0.5) is 0 Å². The largest absolute Gasteiger partial charge is 0.462 e. The molecule has 0 bridgehead atoms. The maximum absolute atomic E-state index is 12.9.